The fourth-order valence-corrected chi connectivity index (χ4v) is 2.31. The summed E-state index contributed by atoms with van der Waals surface area (Å²) >= 11 is 0. The fraction of sp³-hybridized carbons (Fsp3) is 0.278. The molecule has 0 saturated heterocycles. The maximum absolute atomic E-state index is 12.1. The predicted octanol–water partition coefficient (Wildman–Crippen LogP) is 3.96. The maximum atomic E-state index is 12.1. The topological polar surface area (TPSA) is 41.6 Å². The number of para-hydroxylation sites is 1. The summed E-state index contributed by atoms with van der Waals surface area (Å²) < 4.78 is 40.2. The van der Waals surface area contributed by atoms with Gasteiger partial charge < -0.3 is 10.1 Å². The van der Waals surface area contributed by atoms with Crippen LogP contribution in [0.1, 0.15) is 11.1 Å². The monoisotopic (exact) mass is 352 g/mol. The molecule has 0 atom stereocenters. The minimum Gasteiger partial charge on any atom is -0.406 e. The molecule has 0 aromatic heterocycles. The van der Waals surface area contributed by atoms with Crippen LogP contribution in [-0.4, -0.2) is 30.8 Å². The van der Waals surface area contributed by atoms with Crippen LogP contribution in [0.25, 0.3) is 0 Å². The quantitative estimate of drug-likeness (QED) is 0.855. The van der Waals surface area contributed by atoms with E-state index in [1.165, 1.54) is 24.3 Å². The number of alkyl halides is 3. The van der Waals surface area contributed by atoms with Crippen LogP contribution in [0.3, 0.4) is 0 Å². The third-order valence-corrected chi connectivity index (χ3v) is 3.44. The highest BCUT2D eigenvalue weighted by Gasteiger charge is 2.30. The lowest BCUT2D eigenvalue weighted by Gasteiger charge is -2.17. The Labute approximate surface area is 144 Å². The number of amides is 1. The molecule has 25 heavy (non-hydrogen) atoms. The number of aryl methyl sites for hydroxylation is 1. The lowest BCUT2D eigenvalue weighted by Crippen LogP contribution is -2.30. The van der Waals surface area contributed by atoms with E-state index >= 15 is 0 Å². The molecule has 0 spiro atoms. The Morgan fingerprint density at radius 3 is 2.36 bits per heavy atom. The van der Waals surface area contributed by atoms with Crippen LogP contribution in [0.4, 0.5) is 18.9 Å². The van der Waals surface area contributed by atoms with Crippen molar-refractivity contribution in [2.45, 2.75) is 19.8 Å². The molecule has 0 bridgehead atoms. The highest BCUT2D eigenvalue weighted by Crippen LogP contribution is 2.23. The third kappa shape index (κ3) is 6.46. The van der Waals surface area contributed by atoms with Crippen molar-refractivity contribution in [3.8, 4) is 5.75 Å². The first-order valence-corrected chi connectivity index (χ1v) is 7.61. The van der Waals surface area contributed by atoms with Gasteiger partial charge in [0, 0.05) is 12.2 Å². The molecule has 7 heteroatoms. The molecule has 2 aromatic carbocycles. The Morgan fingerprint density at radius 2 is 1.76 bits per heavy atom. The normalized spacial score (nSPS) is 11.4. The molecule has 0 aliphatic heterocycles. The SMILES string of the molecule is Cc1ccccc1NC(=O)CN(C)Cc1ccc(OC(F)(F)F)cc1. The van der Waals surface area contributed by atoms with Crippen LogP contribution in [0.5, 0.6) is 5.75 Å². The van der Waals surface area contributed by atoms with E-state index in [2.05, 4.69) is 10.1 Å². The zero-order valence-electron chi connectivity index (χ0n) is 13.9. The molecule has 134 valence electrons. The number of anilines is 1. The molecule has 0 radical (unpaired) electrons. The summed E-state index contributed by atoms with van der Waals surface area (Å²) in [5, 5.41) is 2.84. The lowest BCUT2D eigenvalue weighted by molar-refractivity contribution is -0.274. The lowest BCUT2D eigenvalue weighted by atomic mass is 10.2. The number of nitrogens with zero attached hydrogens (tertiary/aromatic N) is 1. The van der Waals surface area contributed by atoms with Crippen molar-refractivity contribution in [2.75, 3.05) is 18.9 Å². The third-order valence-electron chi connectivity index (χ3n) is 3.44. The van der Waals surface area contributed by atoms with E-state index in [0.717, 1.165) is 16.8 Å². The summed E-state index contributed by atoms with van der Waals surface area (Å²) in [7, 11) is 1.76. The van der Waals surface area contributed by atoms with Crippen molar-refractivity contribution in [3.05, 3.63) is 59.7 Å². The zero-order valence-corrected chi connectivity index (χ0v) is 13.9. The van der Waals surface area contributed by atoms with E-state index < -0.39 is 6.36 Å². The van der Waals surface area contributed by atoms with Gasteiger partial charge in [-0.25, -0.2) is 0 Å². The molecule has 4 nitrogen and oxygen atoms in total. The van der Waals surface area contributed by atoms with Crippen LogP contribution in [0.2, 0.25) is 0 Å². The molecule has 0 aliphatic rings. The second-order valence-corrected chi connectivity index (χ2v) is 5.73. The summed E-state index contributed by atoms with van der Waals surface area (Å²) in [4.78, 5) is 13.8. The number of likely N-dealkylation sites (N-methyl/N-ethyl adjacent to an activating group) is 1. The van der Waals surface area contributed by atoms with Gasteiger partial charge in [-0.1, -0.05) is 30.3 Å². The smallest absolute Gasteiger partial charge is 0.406 e. The standard InChI is InChI=1S/C18H19F3N2O2/c1-13-5-3-4-6-16(13)22-17(24)12-23(2)11-14-7-9-15(10-8-14)25-18(19,20)21/h3-10H,11-12H2,1-2H3,(H,22,24). The van der Waals surface area contributed by atoms with Gasteiger partial charge >= 0.3 is 6.36 Å². The van der Waals surface area contributed by atoms with E-state index in [4.69, 9.17) is 0 Å². The van der Waals surface area contributed by atoms with Gasteiger partial charge in [-0.15, -0.1) is 13.2 Å². The molecule has 0 fully saturated rings. The molecule has 0 heterocycles. The van der Waals surface area contributed by atoms with Gasteiger partial charge in [-0.3, -0.25) is 9.69 Å². The van der Waals surface area contributed by atoms with E-state index in [9.17, 15) is 18.0 Å². The van der Waals surface area contributed by atoms with Gasteiger partial charge in [0.05, 0.1) is 6.54 Å². The van der Waals surface area contributed by atoms with Crippen molar-refractivity contribution in [1.82, 2.24) is 4.90 Å². The van der Waals surface area contributed by atoms with Gasteiger partial charge in [0.2, 0.25) is 5.91 Å². The number of rotatable bonds is 6. The predicted molar refractivity (Wildman–Crippen MR) is 89.3 cm³/mol. The van der Waals surface area contributed by atoms with Crippen molar-refractivity contribution in [3.63, 3.8) is 0 Å². The molecule has 0 unspecified atom stereocenters. The number of benzene rings is 2. The van der Waals surface area contributed by atoms with Gasteiger partial charge in [0.25, 0.3) is 0 Å². The second kappa shape index (κ2) is 8.02. The number of halogens is 3. The van der Waals surface area contributed by atoms with Gasteiger partial charge in [0.1, 0.15) is 5.75 Å². The minimum atomic E-state index is -4.70. The Balaban J connectivity index is 1.86. The largest absolute Gasteiger partial charge is 0.573 e. The maximum Gasteiger partial charge on any atom is 0.573 e. The number of carbonyl (C=O) groups excluding carboxylic acids is 1. The molecule has 2 rings (SSSR count). The average Bonchev–Trinajstić information content (AvgIpc) is 2.50. The van der Waals surface area contributed by atoms with Crippen LogP contribution in [0.15, 0.2) is 48.5 Å². The van der Waals surface area contributed by atoms with Crippen molar-refractivity contribution < 1.29 is 22.7 Å². The number of hydrogen-bond donors (Lipinski definition) is 1. The summed E-state index contributed by atoms with van der Waals surface area (Å²) in [6, 6.07) is 13.1. The first-order valence-electron chi connectivity index (χ1n) is 7.61. The fourth-order valence-electron chi connectivity index (χ4n) is 2.31. The van der Waals surface area contributed by atoms with Crippen LogP contribution in [-0.2, 0) is 11.3 Å². The molecule has 1 N–H and O–H groups in total. The first kappa shape index (κ1) is 18.8. The van der Waals surface area contributed by atoms with Gasteiger partial charge in [-0.05, 0) is 43.3 Å². The Bertz CT molecular complexity index is 715. The highest BCUT2D eigenvalue weighted by molar-refractivity contribution is 5.92. The van der Waals surface area contributed by atoms with Crippen molar-refractivity contribution in [2.24, 2.45) is 0 Å². The molecular formula is C18H19F3N2O2. The molecular weight excluding hydrogens is 333 g/mol. The molecule has 0 saturated carbocycles. The number of hydrogen-bond acceptors (Lipinski definition) is 3. The Kier molecular flexibility index (Phi) is 6.03. The highest BCUT2D eigenvalue weighted by atomic mass is 19.4. The van der Waals surface area contributed by atoms with Crippen LogP contribution < -0.4 is 10.1 Å². The Hall–Kier alpha value is -2.54. The Morgan fingerprint density at radius 1 is 1.12 bits per heavy atom. The summed E-state index contributed by atoms with van der Waals surface area (Å²) in [5.74, 6) is -0.426. The zero-order chi connectivity index (χ0) is 18.4. The van der Waals surface area contributed by atoms with Gasteiger partial charge in [0.15, 0.2) is 0 Å². The minimum absolute atomic E-state index is 0.158. The average molecular weight is 352 g/mol. The summed E-state index contributed by atoms with van der Waals surface area (Å²) in [6.45, 7) is 2.49. The molecule has 0 aliphatic carbocycles. The van der Waals surface area contributed by atoms with E-state index in [1.807, 2.05) is 31.2 Å². The number of carbonyl (C=O) groups is 1. The van der Waals surface area contributed by atoms with E-state index in [1.54, 1.807) is 11.9 Å². The summed E-state index contributed by atoms with van der Waals surface area (Å²) in [6.07, 6.45) is -4.70. The van der Waals surface area contributed by atoms with Gasteiger partial charge in [-0.2, -0.15) is 0 Å². The van der Waals surface area contributed by atoms with Crippen molar-refractivity contribution >= 4 is 11.6 Å². The molecule has 2 aromatic rings. The second-order valence-electron chi connectivity index (χ2n) is 5.73. The summed E-state index contributed by atoms with van der Waals surface area (Å²) in [5.41, 5.74) is 2.51. The van der Waals surface area contributed by atoms with Crippen LogP contribution in [0, 0.1) is 6.92 Å². The van der Waals surface area contributed by atoms with E-state index in [0.29, 0.717) is 6.54 Å². The number of ether oxygens (including phenoxy) is 1. The first-order chi connectivity index (χ1) is 11.7. The van der Waals surface area contributed by atoms with E-state index in [-0.39, 0.29) is 18.2 Å². The molecule has 1 amide bonds. The number of nitrogens with one attached hydrogen (secondary N) is 1. The van der Waals surface area contributed by atoms with Crippen LogP contribution >= 0.6 is 0 Å². The van der Waals surface area contributed by atoms with Crippen molar-refractivity contribution in [1.29, 1.82) is 0 Å².